The number of carbonyl (C=O) groups excluding carboxylic acids is 1. The lowest BCUT2D eigenvalue weighted by Gasteiger charge is -2.44. The maximum atomic E-state index is 13.4. The zero-order valence-corrected chi connectivity index (χ0v) is 17.5. The fourth-order valence-electron chi connectivity index (χ4n) is 3.40. The first kappa shape index (κ1) is 20.7. The summed E-state index contributed by atoms with van der Waals surface area (Å²) in [6, 6.07) is 10.8. The molecule has 0 spiro atoms. The quantitative estimate of drug-likeness (QED) is 0.680. The first-order valence-corrected chi connectivity index (χ1v) is 9.98. The van der Waals surface area contributed by atoms with Gasteiger partial charge in [-0.3, -0.25) is 9.69 Å². The van der Waals surface area contributed by atoms with Crippen LogP contribution in [0.25, 0.3) is 0 Å². The molecule has 0 aromatic heterocycles. The van der Waals surface area contributed by atoms with Crippen molar-refractivity contribution >= 4 is 21.8 Å². The molecule has 1 aliphatic heterocycles. The highest BCUT2D eigenvalue weighted by Crippen LogP contribution is 2.26. The lowest BCUT2D eigenvalue weighted by molar-refractivity contribution is -0.139. The molecule has 7 heteroatoms. The average molecular weight is 453 g/mol. The van der Waals surface area contributed by atoms with E-state index in [9.17, 15) is 13.6 Å². The van der Waals surface area contributed by atoms with Crippen molar-refractivity contribution < 1.29 is 18.3 Å². The van der Waals surface area contributed by atoms with Crippen LogP contribution in [-0.4, -0.2) is 47.5 Å². The van der Waals surface area contributed by atoms with Crippen LogP contribution in [0.5, 0.6) is 5.75 Å². The monoisotopic (exact) mass is 452 g/mol. The average Bonchev–Trinajstić information content (AvgIpc) is 2.66. The maximum absolute atomic E-state index is 13.4. The van der Waals surface area contributed by atoms with Crippen LogP contribution in [0.3, 0.4) is 0 Å². The van der Waals surface area contributed by atoms with Gasteiger partial charge in [-0.25, -0.2) is 8.78 Å². The summed E-state index contributed by atoms with van der Waals surface area (Å²) in [4.78, 5) is 16.7. The minimum absolute atomic E-state index is 0.0173. The van der Waals surface area contributed by atoms with Gasteiger partial charge in [0.1, 0.15) is 17.4 Å². The van der Waals surface area contributed by atoms with Gasteiger partial charge in [0.15, 0.2) is 6.61 Å². The molecule has 150 valence electrons. The highest BCUT2D eigenvalue weighted by Gasteiger charge is 2.32. The molecule has 0 aliphatic carbocycles. The zero-order valence-electron chi connectivity index (χ0n) is 15.9. The number of nitrogens with zero attached hydrogens (tertiary/aromatic N) is 2. The number of rotatable bonds is 5. The van der Waals surface area contributed by atoms with Gasteiger partial charge in [0, 0.05) is 37.8 Å². The number of hydrogen-bond donors (Lipinski definition) is 0. The van der Waals surface area contributed by atoms with Crippen LogP contribution in [0.2, 0.25) is 0 Å². The molecule has 2 aromatic rings. The second-order valence-corrected chi connectivity index (χ2v) is 8.02. The summed E-state index contributed by atoms with van der Waals surface area (Å²) in [5.74, 6) is -0.478. The Morgan fingerprint density at radius 3 is 2.46 bits per heavy atom. The fraction of sp³-hybridized carbons (Fsp3) is 0.381. The number of amides is 1. The van der Waals surface area contributed by atoms with Crippen LogP contribution >= 0.6 is 15.9 Å². The van der Waals surface area contributed by atoms with Crippen molar-refractivity contribution in [2.24, 2.45) is 0 Å². The van der Waals surface area contributed by atoms with Crippen molar-refractivity contribution in [2.45, 2.75) is 32.5 Å². The van der Waals surface area contributed by atoms with E-state index >= 15 is 0 Å². The molecule has 2 atom stereocenters. The topological polar surface area (TPSA) is 32.8 Å². The van der Waals surface area contributed by atoms with E-state index < -0.39 is 5.82 Å². The molecule has 3 rings (SSSR count). The van der Waals surface area contributed by atoms with Crippen LogP contribution in [-0.2, 0) is 11.3 Å². The van der Waals surface area contributed by atoms with Gasteiger partial charge < -0.3 is 9.64 Å². The smallest absolute Gasteiger partial charge is 0.260 e. The molecule has 1 aliphatic rings. The number of hydrogen-bond acceptors (Lipinski definition) is 3. The molecule has 1 fully saturated rings. The van der Waals surface area contributed by atoms with Crippen LogP contribution in [0, 0.1) is 11.6 Å². The van der Waals surface area contributed by atoms with Crippen molar-refractivity contribution in [3.63, 3.8) is 0 Å². The van der Waals surface area contributed by atoms with Gasteiger partial charge in [-0.15, -0.1) is 0 Å². The number of piperazine rings is 1. The highest BCUT2D eigenvalue weighted by atomic mass is 79.9. The first-order chi connectivity index (χ1) is 13.3. The lowest BCUT2D eigenvalue weighted by Crippen LogP contribution is -2.58. The third-order valence-electron chi connectivity index (χ3n) is 4.98. The van der Waals surface area contributed by atoms with E-state index in [2.05, 4.69) is 27.8 Å². The molecule has 2 aromatic carbocycles. The molecule has 0 unspecified atom stereocenters. The lowest BCUT2D eigenvalue weighted by atomic mass is 10.1. The van der Waals surface area contributed by atoms with E-state index in [-0.39, 0.29) is 30.4 Å². The second-order valence-electron chi connectivity index (χ2n) is 7.16. The molecular formula is C21H23BrF2N2O2. The Labute approximate surface area is 172 Å². The Morgan fingerprint density at radius 1 is 1.07 bits per heavy atom. The van der Waals surface area contributed by atoms with E-state index in [0.717, 1.165) is 5.56 Å². The van der Waals surface area contributed by atoms with Gasteiger partial charge in [0.25, 0.3) is 5.91 Å². The third-order valence-corrected chi connectivity index (χ3v) is 5.63. The second kappa shape index (κ2) is 9.01. The van der Waals surface area contributed by atoms with Crippen molar-refractivity contribution in [1.29, 1.82) is 0 Å². The summed E-state index contributed by atoms with van der Waals surface area (Å²) in [6.07, 6.45) is 0. The summed E-state index contributed by atoms with van der Waals surface area (Å²) in [7, 11) is 0. The summed E-state index contributed by atoms with van der Waals surface area (Å²) >= 11 is 3.30. The molecule has 0 saturated carbocycles. The minimum atomic E-state index is -0.415. The van der Waals surface area contributed by atoms with E-state index in [1.165, 1.54) is 24.3 Å². The molecule has 1 heterocycles. The van der Waals surface area contributed by atoms with Gasteiger partial charge in [0.2, 0.25) is 0 Å². The van der Waals surface area contributed by atoms with Crippen LogP contribution in [0.1, 0.15) is 19.4 Å². The Hall–Kier alpha value is -1.99. The Kier molecular flexibility index (Phi) is 6.67. The molecule has 1 amide bonds. The SMILES string of the molecule is C[C@@H]1CN(C(=O)COc2cc(F)ccc2Br)[C@@H](C)CN1Cc1ccc(F)cc1. The summed E-state index contributed by atoms with van der Waals surface area (Å²) in [5, 5.41) is 0. The summed E-state index contributed by atoms with van der Waals surface area (Å²) < 4.78 is 32.6. The van der Waals surface area contributed by atoms with Crippen molar-refractivity contribution in [2.75, 3.05) is 19.7 Å². The molecule has 0 bridgehead atoms. The number of carbonyl (C=O) groups is 1. The molecule has 28 heavy (non-hydrogen) atoms. The van der Waals surface area contributed by atoms with Crippen LogP contribution in [0.4, 0.5) is 8.78 Å². The van der Waals surface area contributed by atoms with E-state index in [1.807, 2.05) is 6.92 Å². The maximum Gasteiger partial charge on any atom is 0.260 e. The van der Waals surface area contributed by atoms with Crippen LogP contribution in [0.15, 0.2) is 46.9 Å². The third kappa shape index (κ3) is 5.08. The predicted octanol–water partition coefficient (Wildman–Crippen LogP) is 4.23. The minimum Gasteiger partial charge on any atom is -0.482 e. The van der Waals surface area contributed by atoms with Gasteiger partial charge in [-0.2, -0.15) is 0 Å². The summed E-state index contributed by atoms with van der Waals surface area (Å²) in [5.41, 5.74) is 1.04. The van der Waals surface area contributed by atoms with Crippen molar-refractivity contribution in [1.82, 2.24) is 9.80 Å². The van der Waals surface area contributed by atoms with Crippen molar-refractivity contribution in [3.8, 4) is 5.75 Å². The Morgan fingerprint density at radius 2 is 1.75 bits per heavy atom. The van der Waals surface area contributed by atoms with Crippen LogP contribution < -0.4 is 4.74 Å². The van der Waals surface area contributed by atoms with Gasteiger partial charge in [-0.05, 0) is 59.6 Å². The molecule has 0 N–H and O–H groups in total. The highest BCUT2D eigenvalue weighted by molar-refractivity contribution is 9.10. The Balaban J connectivity index is 1.57. The molecule has 4 nitrogen and oxygen atoms in total. The predicted molar refractivity (Wildman–Crippen MR) is 107 cm³/mol. The molecule has 1 saturated heterocycles. The normalized spacial score (nSPS) is 20.2. The molecule has 0 radical (unpaired) electrons. The number of benzene rings is 2. The van der Waals surface area contributed by atoms with Crippen molar-refractivity contribution in [3.05, 3.63) is 64.1 Å². The number of halogens is 3. The van der Waals surface area contributed by atoms with E-state index in [0.29, 0.717) is 29.9 Å². The van der Waals surface area contributed by atoms with E-state index in [4.69, 9.17) is 4.74 Å². The van der Waals surface area contributed by atoms with Gasteiger partial charge in [-0.1, -0.05) is 12.1 Å². The zero-order chi connectivity index (χ0) is 20.3. The largest absolute Gasteiger partial charge is 0.482 e. The summed E-state index contributed by atoms with van der Waals surface area (Å²) in [6.45, 7) is 5.93. The first-order valence-electron chi connectivity index (χ1n) is 9.19. The number of ether oxygens (including phenoxy) is 1. The standard InChI is InChI=1S/C21H23BrF2N2O2/c1-14-11-26(21(27)13-28-20-9-18(24)7-8-19(20)22)15(2)10-25(14)12-16-3-5-17(23)6-4-16/h3-9,14-15H,10-13H2,1-2H3/t14-,15+/m1/s1. The fourth-order valence-corrected chi connectivity index (χ4v) is 3.76. The van der Waals surface area contributed by atoms with Gasteiger partial charge >= 0.3 is 0 Å². The Bertz CT molecular complexity index is 832. The van der Waals surface area contributed by atoms with E-state index in [1.54, 1.807) is 23.1 Å². The molecular weight excluding hydrogens is 430 g/mol. The van der Waals surface area contributed by atoms with Gasteiger partial charge in [0.05, 0.1) is 4.47 Å².